The van der Waals surface area contributed by atoms with Gasteiger partial charge in [-0.2, -0.15) is 0 Å². The molecule has 0 saturated carbocycles. The molecule has 94 valence electrons. The molecule has 16 heavy (non-hydrogen) atoms. The van der Waals surface area contributed by atoms with Crippen LogP contribution in [0.4, 0.5) is 0 Å². The second kappa shape index (κ2) is 6.21. The molecule has 2 unspecified atom stereocenters. The van der Waals surface area contributed by atoms with Crippen LogP contribution in [0.15, 0.2) is 0 Å². The Labute approximate surface area is 98.8 Å². The zero-order valence-electron chi connectivity index (χ0n) is 10.9. The molecule has 0 bridgehead atoms. The van der Waals surface area contributed by atoms with Crippen LogP contribution < -0.4 is 10.6 Å². The number of hydrogen-bond donors (Lipinski definition) is 2. The zero-order chi connectivity index (χ0) is 12.1. The van der Waals surface area contributed by atoms with Crippen molar-refractivity contribution in [2.75, 3.05) is 19.6 Å². The Morgan fingerprint density at radius 2 is 2.25 bits per heavy atom. The Balaban J connectivity index is 2.48. The van der Waals surface area contributed by atoms with Gasteiger partial charge in [0.15, 0.2) is 0 Å². The van der Waals surface area contributed by atoms with Crippen LogP contribution in [0.1, 0.15) is 34.1 Å². The van der Waals surface area contributed by atoms with Crippen molar-refractivity contribution in [3.8, 4) is 0 Å². The fourth-order valence-electron chi connectivity index (χ4n) is 2.05. The van der Waals surface area contributed by atoms with E-state index in [1.807, 2.05) is 13.8 Å². The summed E-state index contributed by atoms with van der Waals surface area (Å²) in [5.41, 5.74) is 0. The molecule has 4 nitrogen and oxygen atoms in total. The van der Waals surface area contributed by atoms with Crippen molar-refractivity contribution >= 4 is 5.91 Å². The molecule has 2 N–H and O–H groups in total. The molecule has 1 aliphatic rings. The van der Waals surface area contributed by atoms with Crippen LogP contribution in [0.3, 0.4) is 0 Å². The SMILES string of the molecule is CCC(C)NC(=O)C(C)N1CCNC[C@@H]1C. The molecule has 1 heterocycles. The highest BCUT2D eigenvalue weighted by atomic mass is 16.2. The normalized spacial score (nSPS) is 26.1. The van der Waals surface area contributed by atoms with Crippen LogP contribution in [0, 0.1) is 0 Å². The molecule has 0 aromatic heterocycles. The minimum Gasteiger partial charge on any atom is -0.352 e. The van der Waals surface area contributed by atoms with E-state index < -0.39 is 0 Å². The van der Waals surface area contributed by atoms with Crippen molar-refractivity contribution in [1.29, 1.82) is 0 Å². The lowest BCUT2D eigenvalue weighted by Crippen LogP contribution is -2.57. The molecule has 1 amide bonds. The molecular formula is C12H25N3O. The second-order valence-electron chi connectivity index (χ2n) is 4.78. The quantitative estimate of drug-likeness (QED) is 0.738. The second-order valence-corrected chi connectivity index (χ2v) is 4.78. The van der Waals surface area contributed by atoms with Crippen LogP contribution in [0.2, 0.25) is 0 Å². The number of rotatable bonds is 4. The van der Waals surface area contributed by atoms with Crippen molar-refractivity contribution in [2.45, 2.75) is 52.2 Å². The van der Waals surface area contributed by atoms with Gasteiger partial charge in [-0.1, -0.05) is 6.92 Å². The van der Waals surface area contributed by atoms with Gasteiger partial charge in [-0.25, -0.2) is 0 Å². The standard InChI is InChI=1S/C12H25N3O/c1-5-9(2)14-12(16)11(4)15-7-6-13-8-10(15)3/h9-11,13H,5-8H2,1-4H3,(H,14,16)/t9?,10-,11?/m0/s1. The van der Waals surface area contributed by atoms with Gasteiger partial charge in [-0.05, 0) is 27.2 Å². The Bertz CT molecular complexity index is 232. The molecular weight excluding hydrogens is 202 g/mol. The molecule has 1 fully saturated rings. The largest absolute Gasteiger partial charge is 0.352 e. The highest BCUT2D eigenvalue weighted by Gasteiger charge is 2.27. The first-order chi connectivity index (χ1) is 7.56. The average Bonchev–Trinajstić information content (AvgIpc) is 2.28. The molecule has 0 spiro atoms. The fourth-order valence-corrected chi connectivity index (χ4v) is 2.05. The van der Waals surface area contributed by atoms with Gasteiger partial charge in [-0.15, -0.1) is 0 Å². The van der Waals surface area contributed by atoms with Crippen LogP contribution >= 0.6 is 0 Å². The Morgan fingerprint density at radius 1 is 1.56 bits per heavy atom. The number of nitrogens with one attached hydrogen (secondary N) is 2. The molecule has 0 aromatic rings. The van der Waals surface area contributed by atoms with Gasteiger partial charge in [0.2, 0.25) is 5.91 Å². The summed E-state index contributed by atoms with van der Waals surface area (Å²) >= 11 is 0. The predicted octanol–water partition coefficient (Wildman–Crippen LogP) is 0.583. The van der Waals surface area contributed by atoms with Crippen molar-refractivity contribution in [3.05, 3.63) is 0 Å². The average molecular weight is 227 g/mol. The van der Waals surface area contributed by atoms with Gasteiger partial charge in [-0.3, -0.25) is 9.69 Å². The molecule has 0 aromatic carbocycles. The summed E-state index contributed by atoms with van der Waals surface area (Å²) in [7, 11) is 0. The first kappa shape index (κ1) is 13.5. The van der Waals surface area contributed by atoms with E-state index in [1.54, 1.807) is 0 Å². The van der Waals surface area contributed by atoms with Gasteiger partial charge in [0.1, 0.15) is 0 Å². The number of carbonyl (C=O) groups is 1. The van der Waals surface area contributed by atoms with E-state index >= 15 is 0 Å². The van der Waals surface area contributed by atoms with Crippen molar-refractivity contribution in [2.24, 2.45) is 0 Å². The highest BCUT2D eigenvalue weighted by molar-refractivity contribution is 5.81. The maximum absolute atomic E-state index is 12.0. The van der Waals surface area contributed by atoms with E-state index in [9.17, 15) is 4.79 Å². The van der Waals surface area contributed by atoms with Gasteiger partial charge in [0, 0.05) is 31.7 Å². The Hall–Kier alpha value is -0.610. The Kier molecular flexibility index (Phi) is 5.22. The summed E-state index contributed by atoms with van der Waals surface area (Å²) in [6.07, 6.45) is 0.982. The number of piperazine rings is 1. The third-order valence-corrected chi connectivity index (χ3v) is 3.43. The van der Waals surface area contributed by atoms with Crippen LogP contribution in [0.25, 0.3) is 0 Å². The first-order valence-corrected chi connectivity index (χ1v) is 6.33. The minimum absolute atomic E-state index is 0.0221. The smallest absolute Gasteiger partial charge is 0.237 e. The van der Waals surface area contributed by atoms with Gasteiger partial charge in [0.25, 0.3) is 0 Å². The molecule has 1 rings (SSSR count). The maximum atomic E-state index is 12.0. The number of hydrogen-bond acceptors (Lipinski definition) is 3. The highest BCUT2D eigenvalue weighted by Crippen LogP contribution is 2.08. The van der Waals surface area contributed by atoms with Crippen LogP contribution in [0.5, 0.6) is 0 Å². The van der Waals surface area contributed by atoms with Crippen molar-refractivity contribution in [3.63, 3.8) is 0 Å². The first-order valence-electron chi connectivity index (χ1n) is 6.33. The summed E-state index contributed by atoms with van der Waals surface area (Å²) in [6, 6.07) is 0.686. The number of amides is 1. The fraction of sp³-hybridized carbons (Fsp3) is 0.917. The molecule has 0 aliphatic carbocycles. The topological polar surface area (TPSA) is 44.4 Å². The van der Waals surface area contributed by atoms with Crippen LogP contribution in [-0.4, -0.2) is 48.6 Å². The molecule has 1 saturated heterocycles. The van der Waals surface area contributed by atoms with E-state index in [2.05, 4.69) is 29.4 Å². The van der Waals surface area contributed by atoms with Gasteiger partial charge >= 0.3 is 0 Å². The van der Waals surface area contributed by atoms with E-state index in [-0.39, 0.29) is 18.0 Å². The third kappa shape index (κ3) is 3.46. The number of carbonyl (C=O) groups excluding carboxylic acids is 1. The van der Waals surface area contributed by atoms with Crippen molar-refractivity contribution < 1.29 is 4.79 Å². The van der Waals surface area contributed by atoms with Crippen molar-refractivity contribution in [1.82, 2.24) is 15.5 Å². The Morgan fingerprint density at radius 3 is 2.81 bits per heavy atom. The molecule has 1 aliphatic heterocycles. The molecule has 3 atom stereocenters. The third-order valence-electron chi connectivity index (χ3n) is 3.43. The lowest BCUT2D eigenvalue weighted by Gasteiger charge is -2.37. The summed E-state index contributed by atoms with van der Waals surface area (Å²) in [5, 5.41) is 6.38. The van der Waals surface area contributed by atoms with Gasteiger partial charge < -0.3 is 10.6 Å². The summed E-state index contributed by atoms with van der Waals surface area (Å²) < 4.78 is 0. The van der Waals surface area contributed by atoms with E-state index in [0.29, 0.717) is 6.04 Å². The summed E-state index contributed by atoms with van der Waals surface area (Å²) in [4.78, 5) is 14.3. The zero-order valence-corrected chi connectivity index (χ0v) is 10.9. The maximum Gasteiger partial charge on any atom is 0.237 e. The lowest BCUT2D eigenvalue weighted by atomic mass is 10.1. The number of nitrogens with zero attached hydrogens (tertiary/aromatic N) is 1. The van der Waals surface area contributed by atoms with Gasteiger partial charge in [0.05, 0.1) is 6.04 Å². The predicted molar refractivity (Wildman–Crippen MR) is 66.4 cm³/mol. The van der Waals surface area contributed by atoms with E-state index in [1.165, 1.54) is 0 Å². The summed E-state index contributed by atoms with van der Waals surface area (Å²) in [6.45, 7) is 11.2. The van der Waals surface area contributed by atoms with Crippen LogP contribution in [-0.2, 0) is 4.79 Å². The lowest BCUT2D eigenvalue weighted by molar-refractivity contribution is -0.127. The summed E-state index contributed by atoms with van der Waals surface area (Å²) in [5.74, 6) is 0.156. The minimum atomic E-state index is -0.0221. The molecule has 0 radical (unpaired) electrons. The van der Waals surface area contributed by atoms with E-state index in [4.69, 9.17) is 0 Å². The molecule has 4 heteroatoms. The van der Waals surface area contributed by atoms with E-state index in [0.717, 1.165) is 26.1 Å². The monoisotopic (exact) mass is 227 g/mol.